The molecule has 23 heavy (non-hydrogen) atoms. The number of hydrogen-bond donors (Lipinski definition) is 1. The summed E-state index contributed by atoms with van der Waals surface area (Å²) in [4.78, 5) is 23.3. The summed E-state index contributed by atoms with van der Waals surface area (Å²) < 4.78 is 4.83. The molecule has 0 spiro atoms. The van der Waals surface area contributed by atoms with Crippen molar-refractivity contribution in [3.8, 4) is 11.1 Å². The fourth-order valence-corrected chi connectivity index (χ4v) is 2.69. The van der Waals surface area contributed by atoms with Crippen LogP contribution in [0.1, 0.15) is 6.92 Å². The van der Waals surface area contributed by atoms with E-state index in [9.17, 15) is 9.59 Å². The number of carbonyl (C=O) groups excluding carboxylic acids is 2. The van der Waals surface area contributed by atoms with Gasteiger partial charge in [-0.3, -0.25) is 9.59 Å². The average Bonchev–Trinajstić information content (AvgIpc) is 2.56. The second-order valence-electron chi connectivity index (χ2n) is 4.76. The smallest absolute Gasteiger partial charge is 0.315 e. The second kappa shape index (κ2) is 9.00. The lowest BCUT2D eigenvalue weighted by Gasteiger charge is -2.11. The minimum absolute atomic E-state index is 0.136. The number of rotatable bonds is 7. The zero-order valence-electron chi connectivity index (χ0n) is 13.0. The number of ether oxygens (including phenoxy) is 1. The van der Waals surface area contributed by atoms with Gasteiger partial charge in [0.15, 0.2) is 0 Å². The summed E-state index contributed by atoms with van der Waals surface area (Å²) in [5, 5.41) is 2.90. The summed E-state index contributed by atoms with van der Waals surface area (Å²) in [5.74, 6) is -0.0403. The Kier molecular flexibility index (Phi) is 6.69. The van der Waals surface area contributed by atoms with Gasteiger partial charge in [0.05, 0.1) is 18.1 Å². The third-order valence-electron chi connectivity index (χ3n) is 3.04. The van der Waals surface area contributed by atoms with Crippen LogP contribution in [0.3, 0.4) is 0 Å². The number of thioether (sulfide) groups is 1. The standard InChI is InChI=1S/C18H19NO3S/c1-2-22-18(21)13-23-12-17(20)19-16-11-7-6-10-15(16)14-8-4-3-5-9-14/h3-11H,2,12-13H2,1H3,(H,19,20). The Hall–Kier alpha value is -2.27. The van der Waals surface area contributed by atoms with Crippen molar-refractivity contribution in [2.24, 2.45) is 0 Å². The molecule has 2 aromatic rings. The van der Waals surface area contributed by atoms with Gasteiger partial charge in [0.2, 0.25) is 5.91 Å². The molecular weight excluding hydrogens is 310 g/mol. The fraction of sp³-hybridized carbons (Fsp3) is 0.222. The first-order chi connectivity index (χ1) is 11.2. The minimum atomic E-state index is -0.296. The van der Waals surface area contributed by atoms with Gasteiger partial charge in [0.25, 0.3) is 0 Å². The van der Waals surface area contributed by atoms with Crippen LogP contribution in [-0.4, -0.2) is 30.0 Å². The molecule has 2 aromatic carbocycles. The highest BCUT2D eigenvalue weighted by Gasteiger charge is 2.09. The number of carbonyl (C=O) groups is 2. The first kappa shape index (κ1) is 17.1. The third-order valence-corrected chi connectivity index (χ3v) is 3.95. The first-order valence-corrected chi connectivity index (χ1v) is 8.54. The van der Waals surface area contributed by atoms with Crippen LogP contribution in [0.2, 0.25) is 0 Å². The van der Waals surface area contributed by atoms with E-state index in [-0.39, 0.29) is 23.4 Å². The zero-order chi connectivity index (χ0) is 16.5. The van der Waals surface area contributed by atoms with E-state index >= 15 is 0 Å². The number of benzene rings is 2. The number of nitrogens with one attached hydrogen (secondary N) is 1. The molecule has 0 aliphatic heterocycles. The van der Waals surface area contributed by atoms with Gasteiger partial charge in [-0.25, -0.2) is 0 Å². The molecule has 1 N–H and O–H groups in total. The van der Waals surface area contributed by atoms with Gasteiger partial charge < -0.3 is 10.1 Å². The topological polar surface area (TPSA) is 55.4 Å². The van der Waals surface area contributed by atoms with Crippen molar-refractivity contribution < 1.29 is 14.3 Å². The number of para-hydroxylation sites is 1. The molecule has 1 amide bonds. The van der Waals surface area contributed by atoms with E-state index in [1.807, 2.05) is 54.6 Å². The number of anilines is 1. The highest BCUT2D eigenvalue weighted by Crippen LogP contribution is 2.27. The Morgan fingerprint density at radius 3 is 2.43 bits per heavy atom. The van der Waals surface area contributed by atoms with Crippen molar-refractivity contribution in [1.29, 1.82) is 0 Å². The molecule has 0 radical (unpaired) electrons. The van der Waals surface area contributed by atoms with E-state index in [4.69, 9.17) is 4.74 Å². The van der Waals surface area contributed by atoms with Gasteiger partial charge in [0.1, 0.15) is 0 Å². The Bertz CT molecular complexity index is 658. The molecule has 0 fully saturated rings. The molecule has 0 aromatic heterocycles. The molecule has 0 unspecified atom stereocenters. The Morgan fingerprint density at radius 2 is 1.70 bits per heavy atom. The summed E-state index contributed by atoms with van der Waals surface area (Å²) >= 11 is 1.24. The molecule has 0 aliphatic rings. The molecule has 4 nitrogen and oxygen atoms in total. The lowest BCUT2D eigenvalue weighted by molar-refractivity contribution is -0.139. The lowest BCUT2D eigenvalue weighted by atomic mass is 10.0. The maximum Gasteiger partial charge on any atom is 0.315 e. The summed E-state index contributed by atoms with van der Waals surface area (Å²) in [5.41, 5.74) is 2.78. The van der Waals surface area contributed by atoms with Crippen LogP contribution < -0.4 is 5.32 Å². The van der Waals surface area contributed by atoms with Crippen molar-refractivity contribution in [3.05, 3.63) is 54.6 Å². The van der Waals surface area contributed by atoms with E-state index in [2.05, 4.69) is 5.32 Å². The molecule has 5 heteroatoms. The van der Waals surface area contributed by atoms with Crippen LogP contribution in [0.4, 0.5) is 5.69 Å². The third kappa shape index (κ3) is 5.45. The SMILES string of the molecule is CCOC(=O)CSCC(=O)Nc1ccccc1-c1ccccc1. The van der Waals surface area contributed by atoms with Crippen molar-refractivity contribution in [1.82, 2.24) is 0 Å². The van der Waals surface area contributed by atoms with Crippen LogP contribution in [-0.2, 0) is 14.3 Å². The normalized spacial score (nSPS) is 10.1. The monoisotopic (exact) mass is 329 g/mol. The van der Waals surface area contributed by atoms with Crippen molar-refractivity contribution in [3.63, 3.8) is 0 Å². The first-order valence-electron chi connectivity index (χ1n) is 7.38. The van der Waals surface area contributed by atoms with Gasteiger partial charge in [-0.1, -0.05) is 48.5 Å². The van der Waals surface area contributed by atoms with E-state index < -0.39 is 0 Å². The molecule has 0 saturated carbocycles. The summed E-state index contributed by atoms with van der Waals surface area (Å²) in [6.45, 7) is 2.12. The Balaban J connectivity index is 1.95. The van der Waals surface area contributed by atoms with E-state index in [1.165, 1.54) is 11.8 Å². The maximum atomic E-state index is 12.1. The summed E-state index contributed by atoms with van der Waals surface area (Å²) in [6.07, 6.45) is 0. The molecule has 0 heterocycles. The molecule has 0 saturated heterocycles. The largest absolute Gasteiger partial charge is 0.465 e. The molecule has 2 rings (SSSR count). The van der Waals surface area contributed by atoms with E-state index in [0.29, 0.717) is 6.61 Å². The van der Waals surface area contributed by atoms with Crippen LogP contribution >= 0.6 is 11.8 Å². The van der Waals surface area contributed by atoms with Crippen LogP contribution in [0, 0.1) is 0 Å². The average molecular weight is 329 g/mol. The lowest BCUT2D eigenvalue weighted by Crippen LogP contribution is -2.16. The number of hydrogen-bond acceptors (Lipinski definition) is 4. The van der Waals surface area contributed by atoms with Crippen LogP contribution in [0.5, 0.6) is 0 Å². The van der Waals surface area contributed by atoms with Gasteiger partial charge in [-0.05, 0) is 18.6 Å². The summed E-state index contributed by atoms with van der Waals surface area (Å²) in [6, 6.07) is 17.5. The van der Waals surface area contributed by atoms with Crippen LogP contribution in [0.25, 0.3) is 11.1 Å². The second-order valence-corrected chi connectivity index (χ2v) is 5.74. The zero-order valence-corrected chi connectivity index (χ0v) is 13.8. The molecule has 0 aliphatic carbocycles. The number of esters is 1. The minimum Gasteiger partial charge on any atom is -0.465 e. The number of amides is 1. The highest BCUT2D eigenvalue weighted by molar-refractivity contribution is 8.00. The predicted molar refractivity (Wildman–Crippen MR) is 94.5 cm³/mol. The van der Waals surface area contributed by atoms with Crippen molar-refractivity contribution >= 4 is 29.3 Å². The molecule has 0 bridgehead atoms. The quantitative estimate of drug-likeness (QED) is 0.789. The fourth-order valence-electron chi connectivity index (χ4n) is 2.08. The van der Waals surface area contributed by atoms with Crippen LogP contribution in [0.15, 0.2) is 54.6 Å². The van der Waals surface area contributed by atoms with E-state index in [0.717, 1.165) is 16.8 Å². The van der Waals surface area contributed by atoms with Gasteiger partial charge >= 0.3 is 5.97 Å². The van der Waals surface area contributed by atoms with Gasteiger partial charge in [-0.2, -0.15) is 0 Å². The Labute approximate surface area is 140 Å². The van der Waals surface area contributed by atoms with Gasteiger partial charge in [-0.15, -0.1) is 11.8 Å². The van der Waals surface area contributed by atoms with Crippen molar-refractivity contribution in [2.45, 2.75) is 6.92 Å². The summed E-state index contributed by atoms with van der Waals surface area (Å²) in [7, 11) is 0. The van der Waals surface area contributed by atoms with E-state index in [1.54, 1.807) is 6.92 Å². The highest BCUT2D eigenvalue weighted by atomic mass is 32.2. The predicted octanol–water partition coefficient (Wildman–Crippen LogP) is 3.59. The molecule has 0 atom stereocenters. The molecule has 120 valence electrons. The maximum absolute atomic E-state index is 12.1. The van der Waals surface area contributed by atoms with Crippen molar-refractivity contribution in [2.75, 3.05) is 23.4 Å². The Morgan fingerprint density at radius 1 is 1.00 bits per heavy atom. The van der Waals surface area contributed by atoms with Gasteiger partial charge in [0, 0.05) is 11.3 Å². The molecular formula is C18H19NO3S.